The van der Waals surface area contributed by atoms with E-state index < -0.39 is 18.3 Å². The molecule has 146 valence electrons. The molecule has 3 aromatic rings. The number of rotatable bonds is 7. The standard InChI is InChI=1S/C20H21N3O4S/c21-19-23-16(12-28-19)14-6-8-15(9-7-14)18(25)17(24)10-22-20(26)27-11-13-4-2-1-3-5-13/h1-9,12,17-18,24-25H,10-11H2,(H2,21,23)(H,22,26). The van der Waals surface area contributed by atoms with Crippen LogP contribution in [0.15, 0.2) is 60.0 Å². The number of carbonyl (C=O) groups is 1. The van der Waals surface area contributed by atoms with E-state index in [2.05, 4.69) is 10.3 Å². The molecular formula is C20H21N3O4S. The van der Waals surface area contributed by atoms with Gasteiger partial charge in [0.25, 0.3) is 0 Å². The van der Waals surface area contributed by atoms with E-state index in [0.29, 0.717) is 10.7 Å². The number of hydrogen-bond donors (Lipinski definition) is 4. The Labute approximate surface area is 166 Å². The minimum absolute atomic E-state index is 0.133. The Bertz CT molecular complexity index is 899. The van der Waals surface area contributed by atoms with E-state index in [-0.39, 0.29) is 13.2 Å². The first-order valence-corrected chi connectivity index (χ1v) is 9.53. The zero-order chi connectivity index (χ0) is 19.9. The second-order valence-corrected chi connectivity index (χ2v) is 7.04. The molecule has 8 heteroatoms. The smallest absolute Gasteiger partial charge is 0.407 e. The number of thiazole rings is 1. The van der Waals surface area contributed by atoms with Gasteiger partial charge in [0.05, 0.1) is 5.69 Å². The summed E-state index contributed by atoms with van der Waals surface area (Å²) in [6, 6.07) is 16.3. The van der Waals surface area contributed by atoms with Crippen molar-refractivity contribution in [2.24, 2.45) is 0 Å². The van der Waals surface area contributed by atoms with E-state index in [4.69, 9.17) is 10.5 Å². The van der Waals surface area contributed by atoms with E-state index in [0.717, 1.165) is 16.8 Å². The lowest BCUT2D eigenvalue weighted by Crippen LogP contribution is -2.35. The van der Waals surface area contributed by atoms with Crippen LogP contribution in [0.1, 0.15) is 17.2 Å². The van der Waals surface area contributed by atoms with Crippen LogP contribution in [-0.4, -0.2) is 33.9 Å². The molecule has 0 bridgehead atoms. The molecule has 2 atom stereocenters. The van der Waals surface area contributed by atoms with Crippen molar-refractivity contribution in [2.75, 3.05) is 12.3 Å². The molecule has 1 aromatic heterocycles. The van der Waals surface area contributed by atoms with E-state index >= 15 is 0 Å². The number of ether oxygens (including phenoxy) is 1. The Kier molecular flexibility index (Phi) is 6.59. The fourth-order valence-corrected chi connectivity index (χ4v) is 3.14. The van der Waals surface area contributed by atoms with Gasteiger partial charge in [-0.05, 0) is 11.1 Å². The molecule has 5 N–H and O–H groups in total. The molecule has 0 aliphatic rings. The number of carbonyl (C=O) groups excluding carboxylic acids is 1. The summed E-state index contributed by atoms with van der Waals surface area (Å²) in [5, 5.41) is 25.2. The van der Waals surface area contributed by atoms with E-state index in [1.165, 1.54) is 11.3 Å². The fraction of sp³-hybridized carbons (Fsp3) is 0.200. The first-order chi connectivity index (χ1) is 13.5. The van der Waals surface area contributed by atoms with Gasteiger partial charge in [0.15, 0.2) is 5.13 Å². The van der Waals surface area contributed by atoms with Crippen LogP contribution in [0.25, 0.3) is 11.3 Å². The van der Waals surface area contributed by atoms with Crippen molar-refractivity contribution in [3.63, 3.8) is 0 Å². The number of nitrogens with two attached hydrogens (primary N) is 1. The maximum absolute atomic E-state index is 11.7. The van der Waals surface area contributed by atoms with Crippen molar-refractivity contribution in [3.8, 4) is 11.3 Å². The van der Waals surface area contributed by atoms with Gasteiger partial charge >= 0.3 is 6.09 Å². The van der Waals surface area contributed by atoms with Crippen LogP contribution < -0.4 is 11.1 Å². The minimum atomic E-state index is -1.18. The molecule has 28 heavy (non-hydrogen) atoms. The highest BCUT2D eigenvalue weighted by molar-refractivity contribution is 7.13. The fourth-order valence-electron chi connectivity index (χ4n) is 2.57. The number of nitrogens with zero attached hydrogens (tertiary/aromatic N) is 1. The van der Waals surface area contributed by atoms with Crippen molar-refractivity contribution in [1.29, 1.82) is 0 Å². The Balaban J connectivity index is 1.48. The Morgan fingerprint density at radius 2 is 1.86 bits per heavy atom. The second kappa shape index (κ2) is 9.32. The van der Waals surface area contributed by atoms with Crippen LogP contribution in [0.4, 0.5) is 9.93 Å². The lowest BCUT2D eigenvalue weighted by molar-refractivity contribution is 0.0184. The normalized spacial score (nSPS) is 12.9. The van der Waals surface area contributed by atoms with Crippen LogP contribution in [0.5, 0.6) is 0 Å². The average molecular weight is 399 g/mol. The highest BCUT2D eigenvalue weighted by Gasteiger charge is 2.19. The SMILES string of the molecule is Nc1nc(-c2ccc(C(O)C(O)CNC(=O)OCc3ccccc3)cc2)cs1. The number of hydrogen-bond acceptors (Lipinski definition) is 7. The molecule has 0 aliphatic heterocycles. The lowest BCUT2D eigenvalue weighted by Gasteiger charge is -2.19. The maximum Gasteiger partial charge on any atom is 0.407 e. The van der Waals surface area contributed by atoms with Crippen molar-refractivity contribution in [3.05, 3.63) is 71.1 Å². The largest absolute Gasteiger partial charge is 0.445 e. The summed E-state index contributed by atoms with van der Waals surface area (Å²) >= 11 is 1.35. The third-order valence-electron chi connectivity index (χ3n) is 4.10. The Morgan fingerprint density at radius 3 is 2.50 bits per heavy atom. The van der Waals surface area contributed by atoms with Crippen LogP contribution in [0.2, 0.25) is 0 Å². The molecule has 3 rings (SSSR count). The first kappa shape index (κ1) is 19.8. The van der Waals surface area contributed by atoms with Gasteiger partial charge in [0.1, 0.15) is 18.8 Å². The van der Waals surface area contributed by atoms with Gasteiger partial charge in [-0.25, -0.2) is 9.78 Å². The number of aromatic nitrogens is 1. The van der Waals surface area contributed by atoms with Gasteiger partial charge in [0.2, 0.25) is 0 Å². The van der Waals surface area contributed by atoms with E-state index in [1.807, 2.05) is 35.7 Å². The van der Waals surface area contributed by atoms with Crippen molar-refractivity contribution in [2.45, 2.75) is 18.8 Å². The quantitative estimate of drug-likeness (QED) is 0.485. The van der Waals surface area contributed by atoms with Gasteiger partial charge < -0.3 is 26.0 Å². The molecule has 0 saturated carbocycles. The molecule has 2 aromatic carbocycles. The number of nitrogens with one attached hydrogen (secondary N) is 1. The summed E-state index contributed by atoms with van der Waals surface area (Å²) in [6.07, 6.45) is -2.99. The second-order valence-electron chi connectivity index (χ2n) is 6.15. The van der Waals surface area contributed by atoms with E-state index in [1.54, 1.807) is 24.3 Å². The van der Waals surface area contributed by atoms with Gasteiger partial charge in [-0.3, -0.25) is 0 Å². The molecule has 1 amide bonds. The van der Waals surface area contributed by atoms with Crippen LogP contribution >= 0.6 is 11.3 Å². The predicted molar refractivity (Wildman–Crippen MR) is 108 cm³/mol. The molecule has 2 unspecified atom stereocenters. The molecule has 0 aliphatic carbocycles. The van der Waals surface area contributed by atoms with Gasteiger partial charge in [-0.15, -0.1) is 11.3 Å². The molecule has 0 fully saturated rings. The zero-order valence-corrected chi connectivity index (χ0v) is 15.8. The maximum atomic E-state index is 11.7. The Hall–Kier alpha value is -2.94. The number of amides is 1. The number of nitrogen functional groups attached to an aromatic ring is 1. The first-order valence-electron chi connectivity index (χ1n) is 8.65. The number of anilines is 1. The van der Waals surface area contributed by atoms with Crippen molar-refractivity contribution >= 4 is 22.6 Å². The summed E-state index contributed by atoms with van der Waals surface area (Å²) in [6.45, 7) is -0.00687. The highest BCUT2D eigenvalue weighted by Crippen LogP contribution is 2.25. The molecule has 0 spiro atoms. The summed E-state index contributed by atoms with van der Waals surface area (Å²) in [7, 11) is 0. The topological polar surface area (TPSA) is 118 Å². The molecular weight excluding hydrogens is 378 g/mol. The highest BCUT2D eigenvalue weighted by atomic mass is 32.1. The summed E-state index contributed by atoms with van der Waals surface area (Å²) in [5.41, 5.74) is 8.64. The zero-order valence-electron chi connectivity index (χ0n) is 15.0. The van der Waals surface area contributed by atoms with Gasteiger partial charge in [-0.2, -0.15) is 0 Å². The summed E-state index contributed by atoms with van der Waals surface area (Å²) in [4.78, 5) is 15.9. The molecule has 0 radical (unpaired) electrons. The van der Waals surface area contributed by atoms with Crippen molar-refractivity contribution in [1.82, 2.24) is 10.3 Å². The minimum Gasteiger partial charge on any atom is -0.445 e. The Morgan fingerprint density at radius 1 is 1.14 bits per heavy atom. The van der Waals surface area contributed by atoms with Crippen LogP contribution in [-0.2, 0) is 11.3 Å². The number of aliphatic hydroxyl groups excluding tert-OH is 2. The third-order valence-corrected chi connectivity index (χ3v) is 4.78. The molecule has 1 heterocycles. The lowest BCUT2D eigenvalue weighted by atomic mass is 10.0. The van der Waals surface area contributed by atoms with Gasteiger partial charge in [0, 0.05) is 17.5 Å². The van der Waals surface area contributed by atoms with Gasteiger partial charge in [-0.1, -0.05) is 54.6 Å². The third kappa shape index (κ3) is 5.29. The predicted octanol–water partition coefficient (Wildman–Crippen LogP) is 2.71. The van der Waals surface area contributed by atoms with Crippen LogP contribution in [0, 0.1) is 0 Å². The summed E-state index contributed by atoms with van der Waals surface area (Å²) in [5.74, 6) is 0. The average Bonchev–Trinajstić information content (AvgIpc) is 3.17. The number of benzene rings is 2. The van der Waals surface area contributed by atoms with Crippen LogP contribution in [0.3, 0.4) is 0 Å². The number of aliphatic hydroxyl groups is 2. The molecule has 7 nitrogen and oxygen atoms in total. The van der Waals surface area contributed by atoms with E-state index in [9.17, 15) is 15.0 Å². The monoisotopic (exact) mass is 399 g/mol. The van der Waals surface area contributed by atoms with Crippen molar-refractivity contribution < 1.29 is 19.7 Å². The number of alkyl carbamates (subject to hydrolysis) is 1. The summed E-state index contributed by atoms with van der Waals surface area (Å²) < 4.78 is 5.07. The molecule has 0 saturated heterocycles.